The SMILES string of the molecule is CC(=O)c1cccc(Nc2ccnc(Nc3cccc(Cl)c3Cl)n2)c1. The first-order valence-corrected chi connectivity index (χ1v) is 8.20. The molecular weight excluding hydrogens is 359 g/mol. The van der Waals surface area contributed by atoms with Crippen LogP contribution in [0.2, 0.25) is 10.0 Å². The van der Waals surface area contributed by atoms with E-state index in [0.29, 0.717) is 33.1 Å². The molecule has 1 heterocycles. The first-order chi connectivity index (χ1) is 12.0. The second-order valence-electron chi connectivity index (χ2n) is 5.25. The van der Waals surface area contributed by atoms with Gasteiger partial charge in [0.1, 0.15) is 5.82 Å². The molecule has 0 fully saturated rings. The van der Waals surface area contributed by atoms with Crippen molar-refractivity contribution in [2.75, 3.05) is 10.6 Å². The first-order valence-electron chi connectivity index (χ1n) is 7.45. The fourth-order valence-electron chi connectivity index (χ4n) is 2.17. The van der Waals surface area contributed by atoms with Gasteiger partial charge in [0, 0.05) is 17.4 Å². The van der Waals surface area contributed by atoms with Crippen molar-refractivity contribution in [2.24, 2.45) is 0 Å². The molecule has 126 valence electrons. The topological polar surface area (TPSA) is 66.9 Å². The van der Waals surface area contributed by atoms with Gasteiger partial charge in [0.25, 0.3) is 0 Å². The smallest absolute Gasteiger partial charge is 0.229 e. The summed E-state index contributed by atoms with van der Waals surface area (Å²) in [6, 6.07) is 14.2. The number of carbonyl (C=O) groups is 1. The van der Waals surface area contributed by atoms with E-state index in [9.17, 15) is 4.79 Å². The van der Waals surface area contributed by atoms with Crippen molar-refractivity contribution in [3.05, 3.63) is 70.3 Å². The largest absolute Gasteiger partial charge is 0.340 e. The van der Waals surface area contributed by atoms with Crippen LogP contribution in [0.3, 0.4) is 0 Å². The maximum Gasteiger partial charge on any atom is 0.229 e. The molecule has 0 aliphatic rings. The highest BCUT2D eigenvalue weighted by Gasteiger charge is 2.07. The van der Waals surface area contributed by atoms with Crippen molar-refractivity contribution in [1.29, 1.82) is 0 Å². The van der Waals surface area contributed by atoms with Crippen LogP contribution in [0.5, 0.6) is 0 Å². The van der Waals surface area contributed by atoms with Crippen molar-refractivity contribution in [3.8, 4) is 0 Å². The van der Waals surface area contributed by atoms with Crippen molar-refractivity contribution < 1.29 is 4.79 Å². The number of anilines is 4. The molecule has 2 N–H and O–H groups in total. The maximum absolute atomic E-state index is 11.5. The number of rotatable bonds is 5. The average molecular weight is 373 g/mol. The van der Waals surface area contributed by atoms with Gasteiger partial charge < -0.3 is 10.6 Å². The zero-order valence-electron chi connectivity index (χ0n) is 13.3. The maximum atomic E-state index is 11.5. The van der Waals surface area contributed by atoms with Crippen LogP contribution in [0.1, 0.15) is 17.3 Å². The Morgan fingerprint density at radius 3 is 2.64 bits per heavy atom. The summed E-state index contributed by atoms with van der Waals surface area (Å²) in [6.45, 7) is 1.53. The highest BCUT2D eigenvalue weighted by Crippen LogP contribution is 2.31. The molecule has 0 atom stereocenters. The Bertz CT molecular complexity index is 930. The molecule has 0 radical (unpaired) electrons. The molecule has 0 saturated carbocycles. The number of hydrogen-bond donors (Lipinski definition) is 2. The number of nitrogens with zero attached hydrogens (tertiary/aromatic N) is 2. The molecule has 0 saturated heterocycles. The van der Waals surface area contributed by atoms with E-state index in [2.05, 4.69) is 20.6 Å². The Hall–Kier alpha value is -2.63. The summed E-state index contributed by atoms with van der Waals surface area (Å²) in [5.74, 6) is 0.956. The molecule has 2 aromatic carbocycles. The fraction of sp³-hybridized carbons (Fsp3) is 0.0556. The molecular formula is C18H14Cl2N4O. The minimum absolute atomic E-state index is 0.00397. The van der Waals surface area contributed by atoms with Crippen molar-refractivity contribution in [3.63, 3.8) is 0 Å². The lowest BCUT2D eigenvalue weighted by Gasteiger charge is -2.10. The Labute approximate surface area is 155 Å². The normalized spacial score (nSPS) is 10.4. The predicted octanol–water partition coefficient (Wildman–Crippen LogP) is 5.47. The zero-order chi connectivity index (χ0) is 17.8. The minimum Gasteiger partial charge on any atom is -0.340 e. The zero-order valence-corrected chi connectivity index (χ0v) is 14.8. The molecule has 0 unspecified atom stereocenters. The van der Waals surface area contributed by atoms with Crippen LogP contribution in [-0.2, 0) is 0 Å². The van der Waals surface area contributed by atoms with Crippen LogP contribution in [-0.4, -0.2) is 15.8 Å². The monoisotopic (exact) mass is 372 g/mol. The second kappa shape index (κ2) is 7.51. The van der Waals surface area contributed by atoms with Gasteiger partial charge in [-0.15, -0.1) is 0 Å². The molecule has 0 aliphatic heterocycles. The van der Waals surface area contributed by atoms with E-state index in [0.717, 1.165) is 5.69 Å². The van der Waals surface area contributed by atoms with E-state index in [4.69, 9.17) is 23.2 Å². The number of aromatic nitrogens is 2. The Morgan fingerprint density at radius 1 is 1.04 bits per heavy atom. The lowest BCUT2D eigenvalue weighted by Crippen LogP contribution is -2.01. The minimum atomic E-state index is 0.00397. The summed E-state index contributed by atoms with van der Waals surface area (Å²) in [7, 11) is 0. The number of carbonyl (C=O) groups excluding carboxylic acids is 1. The highest BCUT2D eigenvalue weighted by atomic mass is 35.5. The lowest BCUT2D eigenvalue weighted by atomic mass is 10.1. The summed E-state index contributed by atoms with van der Waals surface area (Å²) in [5, 5.41) is 7.03. The quantitative estimate of drug-likeness (QED) is 0.580. The summed E-state index contributed by atoms with van der Waals surface area (Å²) in [4.78, 5) is 20.0. The predicted molar refractivity (Wildman–Crippen MR) is 102 cm³/mol. The number of hydrogen-bond acceptors (Lipinski definition) is 5. The van der Waals surface area contributed by atoms with E-state index in [-0.39, 0.29) is 5.78 Å². The van der Waals surface area contributed by atoms with Gasteiger partial charge in [0.2, 0.25) is 5.95 Å². The number of benzene rings is 2. The summed E-state index contributed by atoms with van der Waals surface area (Å²) >= 11 is 12.2. The van der Waals surface area contributed by atoms with Crippen LogP contribution < -0.4 is 10.6 Å². The molecule has 25 heavy (non-hydrogen) atoms. The molecule has 0 amide bonds. The Morgan fingerprint density at radius 2 is 1.84 bits per heavy atom. The number of halogens is 2. The fourth-order valence-corrected chi connectivity index (χ4v) is 2.52. The summed E-state index contributed by atoms with van der Waals surface area (Å²) < 4.78 is 0. The summed E-state index contributed by atoms with van der Waals surface area (Å²) in [6.07, 6.45) is 1.62. The van der Waals surface area contributed by atoms with Crippen LogP contribution >= 0.6 is 23.2 Å². The van der Waals surface area contributed by atoms with Gasteiger partial charge in [-0.3, -0.25) is 4.79 Å². The molecule has 1 aromatic heterocycles. The standard InChI is InChI=1S/C18H14Cl2N4O/c1-11(25)12-4-2-5-13(10-12)22-16-8-9-21-18(24-16)23-15-7-3-6-14(19)17(15)20/h2-10H,1H3,(H2,21,22,23,24). The van der Waals surface area contributed by atoms with Gasteiger partial charge in [-0.25, -0.2) is 4.98 Å². The van der Waals surface area contributed by atoms with Crippen molar-refractivity contribution in [1.82, 2.24) is 9.97 Å². The average Bonchev–Trinajstić information content (AvgIpc) is 2.59. The van der Waals surface area contributed by atoms with Crippen molar-refractivity contribution >= 4 is 52.1 Å². The van der Waals surface area contributed by atoms with Gasteiger partial charge in [0.05, 0.1) is 15.7 Å². The van der Waals surface area contributed by atoms with E-state index in [1.54, 1.807) is 42.6 Å². The van der Waals surface area contributed by atoms with E-state index in [1.807, 2.05) is 12.1 Å². The van der Waals surface area contributed by atoms with Gasteiger partial charge in [-0.05, 0) is 37.3 Å². The molecule has 3 aromatic rings. The highest BCUT2D eigenvalue weighted by molar-refractivity contribution is 6.43. The molecule has 7 heteroatoms. The lowest BCUT2D eigenvalue weighted by molar-refractivity contribution is 0.101. The third-order valence-electron chi connectivity index (χ3n) is 3.40. The second-order valence-corrected chi connectivity index (χ2v) is 6.04. The Kier molecular flexibility index (Phi) is 5.16. The first kappa shape index (κ1) is 17.2. The van der Waals surface area contributed by atoms with Crippen molar-refractivity contribution in [2.45, 2.75) is 6.92 Å². The van der Waals surface area contributed by atoms with Gasteiger partial charge in [-0.2, -0.15) is 4.98 Å². The summed E-state index contributed by atoms with van der Waals surface area (Å²) in [5.41, 5.74) is 2.01. The van der Waals surface area contributed by atoms with E-state index < -0.39 is 0 Å². The van der Waals surface area contributed by atoms with Crippen LogP contribution in [0.15, 0.2) is 54.7 Å². The Balaban J connectivity index is 1.81. The van der Waals surface area contributed by atoms with Gasteiger partial charge in [0.15, 0.2) is 5.78 Å². The van der Waals surface area contributed by atoms with Crippen LogP contribution in [0.4, 0.5) is 23.1 Å². The van der Waals surface area contributed by atoms with E-state index in [1.165, 1.54) is 6.92 Å². The van der Waals surface area contributed by atoms with Crippen LogP contribution in [0, 0.1) is 0 Å². The number of Topliss-reactive ketones (excluding diaryl/α,β-unsaturated/α-hetero) is 1. The molecule has 0 bridgehead atoms. The number of nitrogens with one attached hydrogen (secondary N) is 2. The third-order valence-corrected chi connectivity index (χ3v) is 4.21. The van der Waals surface area contributed by atoms with Gasteiger partial charge in [-0.1, -0.05) is 41.4 Å². The molecule has 0 spiro atoms. The number of ketones is 1. The van der Waals surface area contributed by atoms with E-state index >= 15 is 0 Å². The third kappa shape index (κ3) is 4.26. The van der Waals surface area contributed by atoms with Crippen LogP contribution in [0.25, 0.3) is 0 Å². The van der Waals surface area contributed by atoms with Gasteiger partial charge >= 0.3 is 0 Å². The molecule has 3 rings (SSSR count). The molecule has 0 aliphatic carbocycles. The molecule has 5 nitrogen and oxygen atoms in total.